The number of carbonyl (C=O) groups excluding carboxylic acids is 1. The summed E-state index contributed by atoms with van der Waals surface area (Å²) in [6.45, 7) is 5.34. The number of nitrogens with one attached hydrogen (secondary N) is 1. The average Bonchev–Trinajstić information content (AvgIpc) is 3.45. The predicted molar refractivity (Wildman–Crippen MR) is 112 cm³/mol. The molecule has 29 heavy (non-hydrogen) atoms. The number of aliphatic hydroxyl groups excluding tert-OH is 1. The van der Waals surface area contributed by atoms with Gasteiger partial charge in [0.05, 0.1) is 6.10 Å². The maximum Gasteiger partial charge on any atom is 0.284 e. The maximum absolute atomic E-state index is 12.5. The number of carbonyl (C=O) groups is 1. The third kappa shape index (κ3) is 5.31. The lowest BCUT2D eigenvalue weighted by Gasteiger charge is -2.24. The molecule has 7 nitrogen and oxygen atoms in total. The Hall–Kier alpha value is -2.51. The molecule has 4 rings (SSSR count). The van der Waals surface area contributed by atoms with E-state index in [2.05, 4.69) is 45.4 Å². The van der Waals surface area contributed by atoms with Gasteiger partial charge in [-0.25, -0.2) is 15.0 Å². The molecule has 0 radical (unpaired) electrons. The highest BCUT2D eigenvalue weighted by molar-refractivity contribution is 5.91. The highest BCUT2D eigenvalue weighted by Crippen LogP contribution is 2.29. The molecular formula is C22H29N5O2. The highest BCUT2D eigenvalue weighted by Gasteiger charge is 2.26. The fourth-order valence-corrected chi connectivity index (χ4v) is 3.79. The summed E-state index contributed by atoms with van der Waals surface area (Å²) in [6, 6.07) is 8.15. The summed E-state index contributed by atoms with van der Waals surface area (Å²) in [5.74, 6) is 0.476. The van der Waals surface area contributed by atoms with Crippen LogP contribution in [0.15, 0.2) is 36.8 Å². The van der Waals surface area contributed by atoms with Gasteiger partial charge < -0.3 is 10.0 Å². The Balaban J connectivity index is 1.41. The second-order valence-electron chi connectivity index (χ2n) is 8.17. The Kier molecular flexibility index (Phi) is 6.06. The van der Waals surface area contributed by atoms with Crippen LogP contribution in [-0.4, -0.2) is 58.3 Å². The second kappa shape index (κ2) is 8.88. The molecule has 1 unspecified atom stereocenters. The lowest BCUT2D eigenvalue weighted by Crippen LogP contribution is -2.44. The van der Waals surface area contributed by atoms with Crippen LogP contribution in [0.25, 0.3) is 0 Å². The van der Waals surface area contributed by atoms with Crippen molar-refractivity contribution in [2.45, 2.75) is 38.7 Å². The molecule has 1 saturated heterocycles. The highest BCUT2D eigenvalue weighted by atomic mass is 16.3. The van der Waals surface area contributed by atoms with Crippen LogP contribution in [0.1, 0.15) is 40.9 Å². The van der Waals surface area contributed by atoms with Crippen LogP contribution >= 0.6 is 0 Å². The van der Waals surface area contributed by atoms with E-state index in [1.54, 1.807) is 12.3 Å². The number of rotatable bonds is 8. The molecule has 1 saturated carbocycles. The van der Waals surface area contributed by atoms with Crippen molar-refractivity contribution in [1.29, 1.82) is 0 Å². The van der Waals surface area contributed by atoms with Crippen LogP contribution < -0.4 is 10.3 Å². The molecule has 2 aromatic rings. The Morgan fingerprint density at radius 1 is 1.31 bits per heavy atom. The van der Waals surface area contributed by atoms with E-state index in [-0.39, 0.29) is 12.0 Å². The molecule has 2 N–H and O–H groups in total. The zero-order chi connectivity index (χ0) is 20.2. The van der Waals surface area contributed by atoms with E-state index >= 15 is 0 Å². The summed E-state index contributed by atoms with van der Waals surface area (Å²) in [7, 11) is 0. The number of anilines is 1. The third-order valence-electron chi connectivity index (χ3n) is 5.76. The number of aromatic nitrogens is 2. The first-order chi connectivity index (χ1) is 14.1. The molecular weight excluding hydrogens is 366 g/mol. The monoisotopic (exact) mass is 395 g/mol. The predicted octanol–water partition coefficient (Wildman–Crippen LogP) is 1.96. The van der Waals surface area contributed by atoms with Gasteiger partial charge in [0.15, 0.2) is 0 Å². The van der Waals surface area contributed by atoms with Crippen molar-refractivity contribution in [3.8, 4) is 0 Å². The van der Waals surface area contributed by atoms with Crippen LogP contribution in [0.3, 0.4) is 0 Å². The molecule has 154 valence electrons. The van der Waals surface area contributed by atoms with E-state index in [0.29, 0.717) is 18.2 Å². The lowest BCUT2D eigenvalue weighted by molar-refractivity contribution is 0.0775. The third-order valence-corrected chi connectivity index (χ3v) is 5.76. The molecule has 2 heterocycles. The Morgan fingerprint density at radius 2 is 2.17 bits per heavy atom. The number of amides is 1. The van der Waals surface area contributed by atoms with E-state index in [0.717, 1.165) is 32.5 Å². The first kappa shape index (κ1) is 19.8. The fourth-order valence-electron chi connectivity index (χ4n) is 3.79. The van der Waals surface area contributed by atoms with Crippen molar-refractivity contribution < 1.29 is 9.90 Å². The van der Waals surface area contributed by atoms with Crippen molar-refractivity contribution in [2.75, 3.05) is 31.1 Å². The number of hydrazine groups is 1. The van der Waals surface area contributed by atoms with Crippen molar-refractivity contribution in [1.82, 2.24) is 20.4 Å². The number of aryl methyl sites for hydroxylation is 1. The molecule has 0 spiro atoms. The van der Waals surface area contributed by atoms with E-state index in [1.165, 1.54) is 36.0 Å². The normalized spacial score (nSPS) is 19.0. The summed E-state index contributed by atoms with van der Waals surface area (Å²) >= 11 is 0. The Morgan fingerprint density at radius 3 is 2.86 bits per heavy atom. The number of hydrogen-bond acceptors (Lipinski definition) is 6. The zero-order valence-electron chi connectivity index (χ0n) is 16.9. The summed E-state index contributed by atoms with van der Waals surface area (Å²) in [5, 5.41) is 11.9. The molecule has 2 aliphatic rings. The standard InChI is InChI=1S/C22H29N5O2/c1-16-2-5-19(26-10-8-20(28)14-26)12-18(16)7-11-27(13-17-3-4-17)25-22(29)21-6-9-23-15-24-21/h2,5-6,9,12,15,17,20,28H,3-4,7-8,10-11,13-14H2,1H3,(H,25,29). The van der Waals surface area contributed by atoms with Gasteiger partial charge in [0.1, 0.15) is 12.0 Å². The smallest absolute Gasteiger partial charge is 0.284 e. The molecule has 1 amide bonds. The molecule has 1 atom stereocenters. The Bertz CT molecular complexity index is 840. The second-order valence-corrected chi connectivity index (χ2v) is 8.17. The van der Waals surface area contributed by atoms with E-state index in [1.807, 2.05) is 5.01 Å². The molecule has 7 heteroatoms. The van der Waals surface area contributed by atoms with E-state index in [9.17, 15) is 9.90 Å². The molecule has 1 aliphatic heterocycles. The number of β-amino-alcohol motifs (C(OH)–C–C–N with tert-alkyl or cyclic N) is 1. The quantitative estimate of drug-likeness (QED) is 0.665. The van der Waals surface area contributed by atoms with E-state index in [4.69, 9.17) is 0 Å². The van der Waals surface area contributed by atoms with Gasteiger partial charge in [0.25, 0.3) is 5.91 Å². The van der Waals surface area contributed by atoms with E-state index < -0.39 is 0 Å². The number of nitrogens with zero attached hydrogens (tertiary/aromatic N) is 4. The number of aliphatic hydroxyl groups is 1. The molecule has 1 aromatic carbocycles. The van der Waals surface area contributed by atoms with Crippen LogP contribution in [0.5, 0.6) is 0 Å². The van der Waals surface area contributed by atoms with Crippen LogP contribution in [-0.2, 0) is 6.42 Å². The van der Waals surface area contributed by atoms with Gasteiger partial charge in [-0.2, -0.15) is 0 Å². The van der Waals surface area contributed by atoms with Crippen LogP contribution in [0.2, 0.25) is 0 Å². The van der Waals surface area contributed by atoms with Gasteiger partial charge in [0, 0.05) is 38.1 Å². The van der Waals surface area contributed by atoms with Crippen molar-refractivity contribution in [2.24, 2.45) is 5.92 Å². The first-order valence-electron chi connectivity index (χ1n) is 10.4. The minimum absolute atomic E-state index is 0.190. The minimum atomic E-state index is -0.231. The lowest BCUT2D eigenvalue weighted by atomic mass is 10.0. The van der Waals surface area contributed by atoms with Crippen LogP contribution in [0.4, 0.5) is 5.69 Å². The van der Waals surface area contributed by atoms with Crippen molar-refractivity contribution >= 4 is 11.6 Å². The fraction of sp³-hybridized carbons (Fsp3) is 0.500. The number of hydrogen-bond donors (Lipinski definition) is 2. The molecule has 0 bridgehead atoms. The van der Waals surface area contributed by atoms with Crippen LogP contribution in [0, 0.1) is 12.8 Å². The summed E-state index contributed by atoms with van der Waals surface area (Å²) in [4.78, 5) is 22.7. The summed E-state index contributed by atoms with van der Waals surface area (Å²) in [5.41, 5.74) is 7.11. The van der Waals surface area contributed by atoms with Crippen molar-refractivity contribution in [3.63, 3.8) is 0 Å². The SMILES string of the molecule is Cc1ccc(N2CCC(O)C2)cc1CCN(CC1CC1)NC(=O)c1ccncn1. The zero-order valence-corrected chi connectivity index (χ0v) is 16.9. The Labute approximate surface area is 171 Å². The van der Waals surface area contributed by atoms with Gasteiger partial charge >= 0.3 is 0 Å². The molecule has 1 aromatic heterocycles. The van der Waals surface area contributed by atoms with Gasteiger partial charge in [-0.15, -0.1) is 0 Å². The topological polar surface area (TPSA) is 81.6 Å². The molecule has 1 aliphatic carbocycles. The summed E-state index contributed by atoms with van der Waals surface area (Å²) in [6.07, 6.45) is 6.88. The van der Waals surface area contributed by atoms with Crippen molar-refractivity contribution in [3.05, 3.63) is 53.6 Å². The minimum Gasteiger partial charge on any atom is -0.391 e. The first-order valence-corrected chi connectivity index (χ1v) is 10.4. The van der Waals surface area contributed by atoms with Gasteiger partial charge in [0.2, 0.25) is 0 Å². The largest absolute Gasteiger partial charge is 0.391 e. The summed E-state index contributed by atoms with van der Waals surface area (Å²) < 4.78 is 0. The molecule has 2 fully saturated rings. The van der Waals surface area contributed by atoms with Gasteiger partial charge in [-0.3, -0.25) is 10.2 Å². The average molecular weight is 396 g/mol. The van der Waals surface area contributed by atoms with Gasteiger partial charge in [-0.1, -0.05) is 6.07 Å². The number of benzene rings is 1. The van der Waals surface area contributed by atoms with Gasteiger partial charge in [-0.05, 0) is 67.9 Å². The maximum atomic E-state index is 12.5.